The summed E-state index contributed by atoms with van der Waals surface area (Å²) < 4.78 is 38.5. The van der Waals surface area contributed by atoms with Crippen LogP contribution >= 0.6 is 0 Å². The lowest BCUT2D eigenvalue weighted by Gasteiger charge is -2.22. The minimum Gasteiger partial charge on any atom is -0.317 e. The normalized spacial score (nSPS) is 22.1. The van der Waals surface area contributed by atoms with Gasteiger partial charge in [0, 0.05) is 0 Å². The molecule has 0 unspecified atom stereocenters. The molecular weight excluding hydrogens is 159 g/mol. The van der Waals surface area contributed by atoms with Gasteiger partial charge in [0.15, 0.2) is 0 Å². The zero-order valence-corrected chi connectivity index (χ0v) is 5.87. The maximum atomic E-state index is 11.6. The van der Waals surface area contributed by atoms with Gasteiger partial charge in [-0.3, -0.25) is 4.74 Å². The second-order valence-electron chi connectivity index (χ2n) is 2.34. The van der Waals surface area contributed by atoms with E-state index >= 15 is 0 Å². The van der Waals surface area contributed by atoms with Gasteiger partial charge in [-0.1, -0.05) is 0 Å². The SMILES string of the molecule is FC(F)(F)O[C]1CCNCC1. The van der Waals surface area contributed by atoms with Gasteiger partial charge in [-0.15, -0.1) is 13.2 Å². The summed E-state index contributed by atoms with van der Waals surface area (Å²) in [5.74, 6) is 0. The van der Waals surface area contributed by atoms with Crippen molar-refractivity contribution in [3.63, 3.8) is 0 Å². The molecule has 11 heavy (non-hydrogen) atoms. The first kappa shape index (κ1) is 8.80. The average molecular weight is 168 g/mol. The summed E-state index contributed by atoms with van der Waals surface area (Å²) >= 11 is 0. The van der Waals surface area contributed by atoms with Gasteiger partial charge in [0.2, 0.25) is 0 Å². The summed E-state index contributed by atoms with van der Waals surface area (Å²) in [6.07, 6.45) is -3.65. The van der Waals surface area contributed by atoms with E-state index in [-0.39, 0.29) is 6.10 Å². The van der Waals surface area contributed by atoms with Gasteiger partial charge >= 0.3 is 6.36 Å². The van der Waals surface area contributed by atoms with Crippen molar-refractivity contribution in [2.24, 2.45) is 0 Å². The molecule has 1 rings (SSSR count). The standard InChI is InChI=1S/C6H9F3NO/c7-6(8,9)11-5-1-3-10-4-2-5/h10H,1-4H2. The molecule has 1 fully saturated rings. The van der Waals surface area contributed by atoms with Gasteiger partial charge in [-0.2, -0.15) is 0 Å². The number of hydrogen-bond donors (Lipinski definition) is 1. The van der Waals surface area contributed by atoms with E-state index in [4.69, 9.17) is 0 Å². The van der Waals surface area contributed by atoms with Gasteiger partial charge in [0.05, 0.1) is 0 Å². The summed E-state index contributed by atoms with van der Waals surface area (Å²) in [5, 5.41) is 2.93. The van der Waals surface area contributed by atoms with Crippen molar-refractivity contribution in [3.05, 3.63) is 6.10 Å². The largest absolute Gasteiger partial charge is 0.523 e. The first-order valence-electron chi connectivity index (χ1n) is 3.39. The number of halogens is 3. The van der Waals surface area contributed by atoms with Crippen molar-refractivity contribution in [1.29, 1.82) is 0 Å². The van der Waals surface area contributed by atoms with Crippen molar-refractivity contribution in [2.75, 3.05) is 13.1 Å². The minimum absolute atomic E-state index is 0.135. The fraction of sp³-hybridized carbons (Fsp3) is 0.833. The number of piperidine rings is 1. The quantitative estimate of drug-likeness (QED) is 0.639. The van der Waals surface area contributed by atoms with Crippen LogP contribution in [-0.4, -0.2) is 19.5 Å². The molecule has 0 atom stereocenters. The number of nitrogens with one attached hydrogen (secondary N) is 1. The number of hydrogen-bond acceptors (Lipinski definition) is 2. The van der Waals surface area contributed by atoms with Crippen molar-refractivity contribution >= 4 is 0 Å². The highest BCUT2D eigenvalue weighted by Gasteiger charge is 2.34. The Kier molecular flexibility index (Phi) is 2.72. The Bertz CT molecular complexity index is 119. The van der Waals surface area contributed by atoms with Gasteiger partial charge in [0.1, 0.15) is 6.10 Å². The predicted molar refractivity (Wildman–Crippen MR) is 32.5 cm³/mol. The fourth-order valence-corrected chi connectivity index (χ4v) is 0.971. The summed E-state index contributed by atoms with van der Waals surface area (Å²) in [4.78, 5) is 0. The van der Waals surface area contributed by atoms with Crippen molar-refractivity contribution in [3.8, 4) is 0 Å². The molecule has 0 amide bonds. The van der Waals surface area contributed by atoms with Crippen LogP contribution in [-0.2, 0) is 4.74 Å². The molecule has 2 nitrogen and oxygen atoms in total. The van der Waals surface area contributed by atoms with Gasteiger partial charge in [-0.25, -0.2) is 0 Å². The highest BCUT2D eigenvalue weighted by molar-refractivity contribution is 4.84. The molecule has 1 heterocycles. The van der Waals surface area contributed by atoms with Gasteiger partial charge in [-0.05, 0) is 25.9 Å². The highest BCUT2D eigenvalue weighted by atomic mass is 19.4. The van der Waals surface area contributed by atoms with Crippen molar-refractivity contribution in [2.45, 2.75) is 19.2 Å². The molecule has 1 aliphatic rings. The topological polar surface area (TPSA) is 21.3 Å². The Balaban J connectivity index is 2.24. The second-order valence-corrected chi connectivity index (χ2v) is 2.34. The molecule has 1 aliphatic heterocycles. The highest BCUT2D eigenvalue weighted by Crippen LogP contribution is 2.26. The average Bonchev–Trinajstić information content (AvgIpc) is 1.85. The van der Waals surface area contributed by atoms with Crippen LogP contribution in [0, 0.1) is 6.10 Å². The first-order chi connectivity index (χ1) is 5.08. The van der Waals surface area contributed by atoms with E-state index in [2.05, 4.69) is 10.1 Å². The lowest BCUT2D eigenvalue weighted by molar-refractivity contribution is -0.322. The van der Waals surface area contributed by atoms with Crippen molar-refractivity contribution in [1.82, 2.24) is 5.32 Å². The molecule has 0 aromatic rings. The minimum atomic E-state index is -4.51. The van der Waals surface area contributed by atoms with Crippen LogP contribution in [0.15, 0.2) is 0 Å². The molecule has 0 spiro atoms. The van der Waals surface area contributed by atoms with E-state index in [1.807, 2.05) is 0 Å². The van der Waals surface area contributed by atoms with E-state index in [9.17, 15) is 13.2 Å². The number of ether oxygens (including phenoxy) is 1. The third-order valence-corrected chi connectivity index (χ3v) is 1.42. The van der Waals surface area contributed by atoms with Crippen LogP contribution in [0.4, 0.5) is 13.2 Å². The Morgan fingerprint density at radius 3 is 2.18 bits per heavy atom. The number of rotatable bonds is 1. The van der Waals surface area contributed by atoms with Crippen LogP contribution in [0.1, 0.15) is 12.8 Å². The molecule has 0 bridgehead atoms. The Morgan fingerprint density at radius 2 is 1.73 bits per heavy atom. The molecule has 0 saturated carbocycles. The fourth-order valence-electron chi connectivity index (χ4n) is 0.971. The zero-order chi connectivity index (χ0) is 8.32. The molecule has 0 aromatic carbocycles. The predicted octanol–water partition coefficient (Wildman–Crippen LogP) is 1.44. The van der Waals surface area contributed by atoms with E-state index in [0.717, 1.165) is 0 Å². The third kappa shape index (κ3) is 3.57. The van der Waals surface area contributed by atoms with E-state index in [0.29, 0.717) is 25.9 Å². The monoisotopic (exact) mass is 168 g/mol. The lowest BCUT2D eigenvalue weighted by Crippen LogP contribution is -2.30. The molecule has 1 radical (unpaired) electrons. The van der Waals surface area contributed by atoms with Crippen LogP contribution in [0.5, 0.6) is 0 Å². The molecular formula is C6H9F3NO. The summed E-state index contributed by atoms with van der Waals surface area (Å²) in [6, 6.07) is 0. The van der Waals surface area contributed by atoms with E-state index in [1.54, 1.807) is 0 Å². The van der Waals surface area contributed by atoms with Crippen LogP contribution in [0.25, 0.3) is 0 Å². The number of alkyl halides is 3. The summed E-state index contributed by atoms with van der Waals surface area (Å²) in [6.45, 7) is 1.15. The molecule has 0 aromatic heterocycles. The Hall–Kier alpha value is -0.290. The molecule has 0 aliphatic carbocycles. The smallest absolute Gasteiger partial charge is 0.317 e. The van der Waals surface area contributed by atoms with Crippen LogP contribution in [0.3, 0.4) is 0 Å². The first-order valence-corrected chi connectivity index (χ1v) is 3.39. The molecule has 65 valence electrons. The van der Waals surface area contributed by atoms with E-state index in [1.165, 1.54) is 0 Å². The second kappa shape index (κ2) is 3.40. The summed E-state index contributed by atoms with van der Waals surface area (Å²) in [7, 11) is 0. The summed E-state index contributed by atoms with van der Waals surface area (Å²) in [5.41, 5.74) is 0. The zero-order valence-electron chi connectivity index (χ0n) is 5.87. The van der Waals surface area contributed by atoms with Gasteiger partial charge in [0.25, 0.3) is 0 Å². The Morgan fingerprint density at radius 1 is 1.18 bits per heavy atom. The van der Waals surface area contributed by atoms with E-state index < -0.39 is 6.36 Å². The molecule has 1 saturated heterocycles. The van der Waals surface area contributed by atoms with Crippen molar-refractivity contribution < 1.29 is 17.9 Å². The maximum Gasteiger partial charge on any atom is 0.523 e. The maximum absolute atomic E-state index is 11.6. The third-order valence-electron chi connectivity index (χ3n) is 1.42. The van der Waals surface area contributed by atoms with Crippen LogP contribution < -0.4 is 5.32 Å². The van der Waals surface area contributed by atoms with Gasteiger partial charge < -0.3 is 5.32 Å². The molecule has 5 heteroatoms. The van der Waals surface area contributed by atoms with Crippen LogP contribution in [0.2, 0.25) is 0 Å². The Labute approximate surface area is 62.7 Å². The lowest BCUT2D eigenvalue weighted by atomic mass is 10.1. The molecule has 1 N–H and O–H groups in total.